The molecule has 1 aliphatic heterocycles. The number of fused-ring (bicyclic) bond motifs is 1. The molecule has 0 aliphatic carbocycles. The Morgan fingerprint density at radius 1 is 1.37 bits per heavy atom. The molecule has 0 saturated carbocycles. The first-order valence-electron chi connectivity index (χ1n) is 9.73. The van der Waals surface area contributed by atoms with Crippen molar-refractivity contribution >= 4 is 26.0 Å². The third-order valence-electron chi connectivity index (χ3n) is 5.19. The minimum absolute atomic E-state index is 0.102. The van der Waals surface area contributed by atoms with Crippen LogP contribution in [0.3, 0.4) is 0 Å². The molecule has 2 aromatic rings. The minimum atomic E-state index is -3.81. The number of aromatic nitrogens is 2. The molecule has 10 heteroatoms. The number of nitrogens with zero attached hydrogens (tertiary/aromatic N) is 4. The highest BCUT2D eigenvalue weighted by Gasteiger charge is 2.38. The molecule has 1 aromatic carbocycles. The molecule has 164 valence electrons. The molecule has 1 aromatic heterocycles. The Bertz CT molecular complexity index is 961. The molecular formula is C20H27BrN4O4S. The third kappa shape index (κ3) is 5.17. The van der Waals surface area contributed by atoms with E-state index in [0.29, 0.717) is 18.8 Å². The lowest BCUT2D eigenvalue weighted by Gasteiger charge is -2.37. The van der Waals surface area contributed by atoms with Gasteiger partial charge in [0.1, 0.15) is 23.1 Å². The number of hydrogen-bond acceptors (Lipinski definition) is 7. The number of rotatable bonds is 6. The van der Waals surface area contributed by atoms with Gasteiger partial charge >= 0.3 is 0 Å². The first-order valence-corrected chi connectivity index (χ1v) is 12.0. The number of likely N-dealkylation sites (N-methyl/N-ethyl adjacent to an activating group) is 1. The summed E-state index contributed by atoms with van der Waals surface area (Å²) in [5.74, 6) is 0.211. The maximum absolute atomic E-state index is 13.3. The first-order chi connectivity index (χ1) is 14.2. The molecular weight excluding hydrogens is 472 g/mol. The number of halogens is 1. The summed E-state index contributed by atoms with van der Waals surface area (Å²) >= 11 is 3.41. The molecule has 0 spiro atoms. The maximum Gasteiger partial charge on any atom is 0.247 e. The average Bonchev–Trinajstić information content (AvgIpc) is 2.70. The molecule has 3 rings (SSSR count). The summed E-state index contributed by atoms with van der Waals surface area (Å²) in [7, 11) is -1.83. The van der Waals surface area contributed by atoms with Crippen LogP contribution in [0, 0.1) is 5.92 Å². The van der Waals surface area contributed by atoms with Crippen molar-refractivity contribution in [3.63, 3.8) is 0 Å². The maximum atomic E-state index is 13.3. The number of benzene rings is 1. The Balaban J connectivity index is 1.92. The Hall–Kier alpha value is -1.59. The molecule has 3 atom stereocenters. The van der Waals surface area contributed by atoms with E-state index in [2.05, 4.69) is 30.8 Å². The van der Waals surface area contributed by atoms with Crippen LogP contribution in [0.25, 0.3) is 0 Å². The van der Waals surface area contributed by atoms with Gasteiger partial charge in [0, 0.05) is 54.0 Å². The van der Waals surface area contributed by atoms with Crippen molar-refractivity contribution in [2.75, 3.05) is 26.7 Å². The van der Waals surface area contributed by atoms with Crippen LogP contribution in [0.2, 0.25) is 0 Å². The van der Waals surface area contributed by atoms with Gasteiger partial charge in [-0.1, -0.05) is 22.9 Å². The number of aliphatic hydroxyl groups excluding tert-OH is 1. The summed E-state index contributed by atoms with van der Waals surface area (Å²) in [6.45, 7) is 4.92. The van der Waals surface area contributed by atoms with E-state index in [1.165, 1.54) is 10.6 Å². The number of ether oxygens (including phenoxy) is 1. The van der Waals surface area contributed by atoms with Gasteiger partial charge in [0.25, 0.3) is 0 Å². The summed E-state index contributed by atoms with van der Waals surface area (Å²) in [6, 6.07) is 4.38. The average molecular weight is 499 g/mol. The predicted octanol–water partition coefficient (Wildman–Crippen LogP) is 2.14. The van der Waals surface area contributed by atoms with E-state index >= 15 is 0 Å². The normalized spacial score (nSPS) is 22.6. The van der Waals surface area contributed by atoms with Crippen LogP contribution in [0.4, 0.5) is 0 Å². The van der Waals surface area contributed by atoms with Gasteiger partial charge < -0.3 is 9.84 Å². The Kier molecular flexibility index (Phi) is 7.46. The van der Waals surface area contributed by atoms with Gasteiger partial charge in [-0.15, -0.1) is 0 Å². The van der Waals surface area contributed by atoms with Gasteiger partial charge in [-0.2, -0.15) is 4.31 Å². The van der Waals surface area contributed by atoms with Crippen molar-refractivity contribution in [1.82, 2.24) is 19.2 Å². The topological polar surface area (TPSA) is 95.9 Å². The summed E-state index contributed by atoms with van der Waals surface area (Å²) < 4.78 is 35.0. The monoisotopic (exact) mass is 498 g/mol. The fraction of sp³-hybridized carbons (Fsp3) is 0.500. The lowest BCUT2D eigenvalue weighted by atomic mass is 10.0. The number of sulfonamides is 1. The first kappa shape index (κ1) is 23.1. The second-order valence-corrected chi connectivity index (χ2v) is 10.5. The molecule has 0 bridgehead atoms. The molecule has 0 fully saturated rings. The molecule has 2 heterocycles. The van der Waals surface area contributed by atoms with Crippen LogP contribution in [-0.2, 0) is 16.6 Å². The van der Waals surface area contributed by atoms with Crippen molar-refractivity contribution in [2.24, 2.45) is 5.92 Å². The van der Waals surface area contributed by atoms with E-state index in [-0.39, 0.29) is 30.1 Å². The van der Waals surface area contributed by atoms with Crippen molar-refractivity contribution in [1.29, 1.82) is 0 Å². The summed E-state index contributed by atoms with van der Waals surface area (Å²) in [6.07, 6.45) is 4.79. The predicted molar refractivity (Wildman–Crippen MR) is 117 cm³/mol. The smallest absolute Gasteiger partial charge is 0.247 e. The number of hydrogen-bond donors (Lipinski definition) is 1. The highest BCUT2D eigenvalue weighted by molar-refractivity contribution is 9.10. The van der Waals surface area contributed by atoms with Gasteiger partial charge in [-0.25, -0.2) is 18.4 Å². The molecule has 0 radical (unpaired) electrons. The second-order valence-electron chi connectivity index (χ2n) is 7.77. The molecule has 0 unspecified atom stereocenters. The van der Waals surface area contributed by atoms with Crippen molar-refractivity contribution in [3.05, 3.63) is 47.0 Å². The van der Waals surface area contributed by atoms with Crippen LogP contribution in [0.15, 0.2) is 46.3 Å². The highest BCUT2D eigenvalue weighted by atomic mass is 79.9. The zero-order valence-electron chi connectivity index (χ0n) is 17.3. The second kappa shape index (κ2) is 9.69. The molecule has 1 aliphatic rings. The fourth-order valence-corrected chi connectivity index (χ4v) is 5.68. The third-order valence-corrected chi connectivity index (χ3v) is 7.70. The summed E-state index contributed by atoms with van der Waals surface area (Å²) in [5, 5.41) is 9.67. The SMILES string of the molecule is C[C@H](CO)N1C[C@H](C)[C@H](CN(C)Cc2cncnc2)Oc2cc(Br)ccc2S1(=O)=O. The molecule has 30 heavy (non-hydrogen) atoms. The minimum Gasteiger partial charge on any atom is -0.487 e. The van der Waals surface area contributed by atoms with Gasteiger partial charge in [0.05, 0.1) is 6.61 Å². The van der Waals surface area contributed by atoms with Crippen LogP contribution in [0.5, 0.6) is 5.75 Å². The van der Waals surface area contributed by atoms with E-state index in [1.54, 1.807) is 37.5 Å². The van der Waals surface area contributed by atoms with E-state index in [9.17, 15) is 13.5 Å². The van der Waals surface area contributed by atoms with Gasteiger partial charge in [-0.05, 0) is 32.2 Å². The molecule has 1 N–H and O–H groups in total. The van der Waals surface area contributed by atoms with Gasteiger partial charge in [-0.3, -0.25) is 4.90 Å². The summed E-state index contributed by atoms with van der Waals surface area (Å²) in [4.78, 5) is 10.3. The zero-order chi connectivity index (χ0) is 21.9. The van der Waals surface area contributed by atoms with E-state index in [0.717, 1.165) is 10.0 Å². The molecule has 0 saturated heterocycles. The largest absolute Gasteiger partial charge is 0.487 e. The van der Waals surface area contributed by atoms with Crippen molar-refractivity contribution < 1.29 is 18.3 Å². The Labute approximate surface area is 186 Å². The van der Waals surface area contributed by atoms with Gasteiger partial charge in [0.2, 0.25) is 10.0 Å². The zero-order valence-corrected chi connectivity index (χ0v) is 19.7. The van der Waals surface area contributed by atoms with E-state index < -0.39 is 16.1 Å². The number of aliphatic hydroxyl groups is 1. The lowest BCUT2D eigenvalue weighted by Crippen LogP contribution is -2.49. The van der Waals surface area contributed by atoms with Crippen LogP contribution < -0.4 is 4.74 Å². The Morgan fingerprint density at radius 3 is 2.73 bits per heavy atom. The Morgan fingerprint density at radius 2 is 2.07 bits per heavy atom. The molecule has 8 nitrogen and oxygen atoms in total. The van der Waals surface area contributed by atoms with Gasteiger partial charge in [0.15, 0.2) is 0 Å². The van der Waals surface area contributed by atoms with Crippen molar-refractivity contribution in [3.8, 4) is 5.75 Å². The quantitative estimate of drug-likeness (QED) is 0.651. The van der Waals surface area contributed by atoms with Crippen molar-refractivity contribution in [2.45, 2.75) is 37.4 Å². The van der Waals surface area contributed by atoms with E-state index in [1.807, 2.05) is 14.0 Å². The molecule has 0 amide bonds. The highest BCUT2D eigenvalue weighted by Crippen LogP contribution is 2.35. The van der Waals surface area contributed by atoms with Crippen LogP contribution >= 0.6 is 15.9 Å². The lowest BCUT2D eigenvalue weighted by molar-refractivity contribution is 0.0732. The van der Waals surface area contributed by atoms with Crippen LogP contribution in [0.1, 0.15) is 19.4 Å². The van der Waals surface area contributed by atoms with Crippen LogP contribution in [-0.4, -0.2) is 71.6 Å². The van der Waals surface area contributed by atoms with E-state index in [4.69, 9.17) is 4.74 Å². The summed E-state index contributed by atoms with van der Waals surface area (Å²) in [5.41, 5.74) is 0.986. The fourth-order valence-electron chi connectivity index (χ4n) is 3.51. The standard InChI is InChI=1S/C20H27BrN4O4S/c1-14-9-25(15(2)12-26)30(27,28)20-5-4-17(21)6-18(20)29-19(14)11-24(3)10-16-7-22-13-23-8-16/h4-8,13-15,19,26H,9-12H2,1-3H3/t14-,15+,19-/m0/s1.